The van der Waals surface area contributed by atoms with E-state index in [0.29, 0.717) is 0 Å². The van der Waals surface area contributed by atoms with Gasteiger partial charge in [0.2, 0.25) is 0 Å². The highest BCUT2D eigenvalue weighted by atomic mass is 16.5. The Bertz CT molecular complexity index is 58.8. The minimum absolute atomic E-state index is 1.38. The fourth-order valence-corrected chi connectivity index (χ4v) is 0. The lowest BCUT2D eigenvalue weighted by Gasteiger charge is -1.73. The third-order valence-corrected chi connectivity index (χ3v) is 0.333. The predicted molar refractivity (Wildman–Crippen MR) is 37.6 cm³/mol. The van der Waals surface area contributed by atoms with Crippen LogP contribution in [0.3, 0.4) is 0 Å². The van der Waals surface area contributed by atoms with E-state index in [1.807, 2.05) is 0 Å². The minimum Gasteiger partial charge on any atom is -0.505 e. The van der Waals surface area contributed by atoms with Gasteiger partial charge in [0.15, 0.2) is 0 Å². The number of ether oxygens (including phenoxy) is 1. The van der Waals surface area contributed by atoms with Gasteiger partial charge in [-0.05, 0) is 0 Å². The molecule has 0 heterocycles. The Labute approximate surface area is 51.0 Å². The van der Waals surface area contributed by atoms with Crippen molar-refractivity contribution in [1.29, 1.82) is 0 Å². The van der Waals surface area contributed by atoms with E-state index in [0.717, 1.165) is 0 Å². The summed E-state index contributed by atoms with van der Waals surface area (Å²) in [5, 5.41) is 0. The normalized spacial score (nSPS) is 5.12. The maximum Gasteiger partial charge on any atom is 0.0766 e. The van der Waals surface area contributed by atoms with Crippen molar-refractivity contribution in [3.63, 3.8) is 0 Å². The van der Waals surface area contributed by atoms with E-state index in [9.17, 15) is 0 Å². The molecule has 0 aliphatic carbocycles. The van der Waals surface area contributed by atoms with Crippen molar-refractivity contribution in [2.75, 3.05) is 7.11 Å². The van der Waals surface area contributed by atoms with Crippen molar-refractivity contribution < 1.29 is 4.74 Å². The second-order valence-electron chi connectivity index (χ2n) is 0.874. The van der Waals surface area contributed by atoms with Crippen LogP contribution in [-0.2, 0) is 4.74 Å². The summed E-state index contributed by atoms with van der Waals surface area (Å²) in [7, 11) is 1.56. The molecule has 0 rings (SSSR count). The van der Waals surface area contributed by atoms with E-state index in [2.05, 4.69) is 24.5 Å². The topological polar surface area (TPSA) is 9.23 Å². The summed E-state index contributed by atoms with van der Waals surface area (Å²) in [5.74, 6) is 0. The van der Waals surface area contributed by atoms with Crippen molar-refractivity contribution in [3.05, 3.63) is 38.2 Å². The van der Waals surface area contributed by atoms with Gasteiger partial charge in [-0.15, -0.1) is 0 Å². The van der Waals surface area contributed by atoms with Crippen LogP contribution in [0.2, 0.25) is 0 Å². The molecule has 46 valence electrons. The average molecular weight is 112 g/mol. The molecular weight excluding hydrogens is 100 g/mol. The molecule has 0 unspecified atom stereocenters. The highest BCUT2D eigenvalue weighted by molar-refractivity contribution is 4.88. The molecule has 8 heavy (non-hydrogen) atoms. The second kappa shape index (κ2) is 16.6. The molecule has 1 nitrogen and oxygen atoms in total. The smallest absolute Gasteiger partial charge is 0.0766 e. The van der Waals surface area contributed by atoms with Gasteiger partial charge in [-0.25, -0.2) is 0 Å². The Morgan fingerprint density at radius 2 is 1.38 bits per heavy atom. The monoisotopic (exact) mass is 112 g/mol. The molecule has 0 atom stereocenters. The molecule has 0 aliphatic rings. The van der Waals surface area contributed by atoms with Crippen molar-refractivity contribution in [3.8, 4) is 0 Å². The van der Waals surface area contributed by atoms with Crippen LogP contribution in [0.5, 0.6) is 0 Å². The molecule has 0 bridgehead atoms. The first-order valence-electron chi connectivity index (χ1n) is 2.20. The van der Waals surface area contributed by atoms with Crippen molar-refractivity contribution in [1.82, 2.24) is 0 Å². The number of hydrogen-bond acceptors (Lipinski definition) is 1. The first-order chi connectivity index (χ1) is 3.83. The van der Waals surface area contributed by atoms with Crippen molar-refractivity contribution in [2.24, 2.45) is 0 Å². The van der Waals surface area contributed by atoms with Gasteiger partial charge in [-0.2, -0.15) is 0 Å². The van der Waals surface area contributed by atoms with Gasteiger partial charge in [0.1, 0.15) is 0 Å². The zero-order valence-corrected chi connectivity index (χ0v) is 5.26. The van der Waals surface area contributed by atoms with E-state index < -0.39 is 0 Å². The minimum atomic E-state index is 1.38. The van der Waals surface area contributed by atoms with Crippen molar-refractivity contribution in [2.45, 2.75) is 0 Å². The summed E-state index contributed by atoms with van der Waals surface area (Å²) in [4.78, 5) is 0. The summed E-state index contributed by atoms with van der Waals surface area (Å²) in [5.41, 5.74) is 0. The number of methoxy groups -OCH3 is 1. The summed E-state index contributed by atoms with van der Waals surface area (Å²) in [6.45, 7) is 9.98. The molecule has 0 radical (unpaired) electrons. The molecule has 0 aromatic rings. The largest absolute Gasteiger partial charge is 0.505 e. The Hall–Kier alpha value is -0.980. The van der Waals surface area contributed by atoms with Gasteiger partial charge in [-0.3, -0.25) is 0 Å². The maximum atomic E-state index is 4.31. The van der Waals surface area contributed by atoms with E-state index in [1.165, 1.54) is 6.26 Å². The summed E-state index contributed by atoms with van der Waals surface area (Å²) >= 11 is 0. The molecule has 0 fully saturated rings. The van der Waals surface area contributed by atoms with Crippen LogP contribution in [0.25, 0.3) is 0 Å². The van der Waals surface area contributed by atoms with Gasteiger partial charge in [0.05, 0.1) is 13.4 Å². The average Bonchev–Trinajstić information content (AvgIpc) is 1.88. The molecule has 0 aliphatic heterocycles. The summed E-state index contributed by atoms with van der Waals surface area (Å²) in [6.07, 6.45) is 4.65. The van der Waals surface area contributed by atoms with Crippen LogP contribution in [-0.4, -0.2) is 7.11 Å². The van der Waals surface area contributed by atoms with Crippen LogP contribution < -0.4 is 0 Å². The van der Waals surface area contributed by atoms with Crippen LogP contribution in [0.1, 0.15) is 0 Å². The molecule has 0 amide bonds. The first kappa shape index (κ1) is 10.1. The molecule has 0 spiro atoms. The Balaban J connectivity index is 0. The second-order valence-corrected chi connectivity index (χ2v) is 0.874. The highest BCUT2D eigenvalue weighted by Crippen LogP contribution is 1.52. The van der Waals surface area contributed by atoms with E-state index in [1.54, 1.807) is 19.3 Å². The number of allylic oxidation sites excluding steroid dienone is 2. The zero-order chi connectivity index (χ0) is 6.83. The van der Waals surface area contributed by atoms with Crippen LogP contribution in [0.15, 0.2) is 38.2 Å². The molecule has 0 aromatic carbocycles. The van der Waals surface area contributed by atoms with E-state index >= 15 is 0 Å². The fraction of sp³-hybridized carbons (Fsp3) is 0.143. The lowest BCUT2D eigenvalue weighted by Crippen LogP contribution is -1.54. The standard InChI is InChI=1S/C4H6.C3H6O/c2*1-3-4-2/h3-4H,1-2H2;3H,1H2,2H3. The third-order valence-electron chi connectivity index (χ3n) is 0.333. The zero-order valence-electron chi connectivity index (χ0n) is 5.26. The van der Waals surface area contributed by atoms with Gasteiger partial charge in [-0.1, -0.05) is 31.9 Å². The van der Waals surface area contributed by atoms with Gasteiger partial charge >= 0.3 is 0 Å². The lowest BCUT2D eigenvalue weighted by molar-refractivity contribution is 0.339. The third kappa shape index (κ3) is 78.0. The summed E-state index contributed by atoms with van der Waals surface area (Å²) < 4.78 is 4.31. The molecule has 0 aromatic heterocycles. The SMILES string of the molecule is C=CC=C.C=COC. The van der Waals surface area contributed by atoms with Gasteiger partial charge in [0.25, 0.3) is 0 Å². The van der Waals surface area contributed by atoms with E-state index in [4.69, 9.17) is 0 Å². The van der Waals surface area contributed by atoms with Crippen molar-refractivity contribution >= 4 is 0 Å². The Morgan fingerprint density at radius 1 is 1.12 bits per heavy atom. The molecule has 1 heteroatoms. The number of rotatable bonds is 2. The van der Waals surface area contributed by atoms with Crippen LogP contribution in [0, 0.1) is 0 Å². The van der Waals surface area contributed by atoms with Gasteiger partial charge < -0.3 is 4.74 Å². The summed E-state index contributed by atoms with van der Waals surface area (Å²) in [6, 6.07) is 0. The predicted octanol–water partition coefficient (Wildman–Crippen LogP) is 2.13. The highest BCUT2D eigenvalue weighted by Gasteiger charge is 1.36. The molecular formula is C7H12O. The Kier molecular flexibility index (Phi) is 21.0. The lowest BCUT2D eigenvalue weighted by atomic mass is 10.6. The molecule has 0 saturated heterocycles. The molecule has 0 saturated carbocycles. The van der Waals surface area contributed by atoms with E-state index in [-0.39, 0.29) is 0 Å². The maximum absolute atomic E-state index is 4.31. The quantitative estimate of drug-likeness (QED) is 0.393. The Morgan fingerprint density at radius 3 is 1.38 bits per heavy atom. The molecule has 0 N–H and O–H groups in total. The van der Waals surface area contributed by atoms with Gasteiger partial charge in [0, 0.05) is 0 Å². The van der Waals surface area contributed by atoms with Crippen LogP contribution in [0.4, 0.5) is 0 Å². The fourth-order valence-electron chi connectivity index (χ4n) is 0. The van der Waals surface area contributed by atoms with Crippen LogP contribution >= 0.6 is 0 Å². The number of hydrogen-bond donors (Lipinski definition) is 0. The first-order valence-corrected chi connectivity index (χ1v) is 2.20.